The first-order valence-corrected chi connectivity index (χ1v) is 9.42. The largest absolute Gasteiger partial charge is 0.241 e. The van der Waals surface area contributed by atoms with Gasteiger partial charge in [0.05, 0.1) is 4.90 Å². The van der Waals surface area contributed by atoms with Crippen LogP contribution in [0.2, 0.25) is 0 Å². The number of hydrogen-bond donors (Lipinski definition) is 1. The molecule has 0 bridgehead atoms. The van der Waals surface area contributed by atoms with Gasteiger partial charge in [0.2, 0.25) is 10.0 Å². The second-order valence-corrected chi connectivity index (χ2v) is 7.78. The summed E-state index contributed by atoms with van der Waals surface area (Å²) < 4.78 is 28.1. The van der Waals surface area contributed by atoms with E-state index in [0.717, 1.165) is 35.1 Å². The quantitative estimate of drug-likeness (QED) is 0.818. The minimum absolute atomic E-state index is 0.440. The lowest BCUT2D eigenvalue weighted by atomic mass is 10.0. The van der Waals surface area contributed by atoms with Gasteiger partial charge in [0.25, 0.3) is 0 Å². The Kier molecular flexibility index (Phi) is 5.60. The van der Waals surface area contributed by atoms with E-state index in [2.05, 4.69) is 16.9 Å². The third-order valence-electron chi connectivity index (χ3n) is 4.34. The van der Waals surface area contributed by atoms with E-state index in [-0.39, 0.29) is 0 Å². The maximum absolute atomic E-state index is 12.7. The van der Waals surface area contributed by atoms with Gasteiger partial charge in [-0.3, -0.25) is 0 Å². The third-order valence-corrected chi connectivity index (χ3v) is 6.08. The van der Waals surface area contributed by atoms with Crippen molar-refractivity contribution in [1.29, 1.82) is 0 Å². The van der Waals surface area contributed by atoms with Gasteiger partial charge in [-0.1, -0.05) is 36.4 Å². The molecule has 0 saturated carbocycles. The molecule has 2 rings (SSSR count). The predicted octanol–water partition coefficient (Wildman–Crippen LogP) is 3.83. The van der Waals surface area contributed by atoms with Crippen molar-refractivity contribution in [3.05, 3.63) is 64.2 Å². The van der Waals surface area contributed by atoms with Crippen LogP contribution in [0, 0.1) is 27.7 Å². The summed E-state index contributed by atoms with van der Waals surface area (Å²) in [4.78, 5) is 0.440. The molecule has 2 aromatic rings. The second kappa shape index (κ2) is 7.28. The number of benzene rings is 2. The lowest BCUT2D eigenvalue weighted by Gasteiger charge is -2.16. The van der Waals surface area contributed by atoms with E-state index >= 15 is 0 Å². The van der Waals surface area contributed by atoms with Crippen LogP contribution in [0.4, 0.5) is 0 Å². The topological polar surface area (TPSA) is 46.2 Å². The Morgan fingerprint density at radius 1 is 0.913 bits per heavy atom. The maximum Gasteiger partial charge on any atom is 0.241 e. The summed E-state index contributed by atoms with van der Waals surface area (Å²) in [5.74, 6) is 0. The minimum atomic E-state index is -3.47. The first-order valence-electron chi connectivity index (χ1n) is 7.94. The number of hydrogen-bond acceptors (Lipinski definition) is 2. The van der Waals surface area contributed by atoms with Crippen LogP contribution in [0.15, 0.2) is 41.3 Å². The zero-order valence-corrected chi connectivity index (χ0v) is 15.1. The Labute approximate surface area is 139 Å². The Morgan fingerprint density at radius 2 is 1.48 bits per heavy atom. The zero-order chi connectivity index (χ0) is 17.0. The zero-order valence-electron chi connectivity index (χ0n) is 14.3. The Bertz CT molecular complexity index is 755. The Morgan fingerprint density at radius 3 is 2.04 bits per heavy atom. The van der Waals surface area contributed by atoms with Gasteiger partial charge in [-0.05, 0) is 68.4 Å². The van der Waals surface area contributed by atoms with Crippen LogP contribution >= 0.6 is 0 Å². The van der Waals surface area contributed by atoms with Gasteiger partial charge in [0.15, 0.2) is 0 Å². The lowest BCUT2D eigenvalue weighted by molar-refractivity contribution is 0.577. The van der Waals surface area contributed by atoms with E-state index in [1.165, 1.54) is 5.56 Å². The fraction of sp³-hybridized carbons (Fsp3) is 0.368. The average molecular weight is 331 g/mol. The monoisotopic (exact) mass is 331 g/mol. The standard InChI is InChI=1S/C19H25NO2S/c1-14-13-15(2)17(4)19(16(14)3)23(21,22)20-12-8-11-18-9-6-5-7-10-18/h5-7,9-10,13,20H,8,11-12H2,1-4H3. The van der Waals surface area contributed by atoms with Crippen LogP contribution in [0.3, 0.4) is 0 Å². The molecule has 23 heavy (non-hydrogen) atoms. The predicted molar refractivity (Wildman–Crippen MR) is 95.3 cm³/mol. The van der Waals surface area contributed by atoms with E-state index in [1.54, 1.807) is 0 Å². The SMILES string of the molecule is Cc1cc(C)c(C)c(S(=O)(=O)NCCCc2ccccc2)c1C. The van der Waals surface area contributed by atoms with E-state index in [4.69, 9.17) is 0 Å². The molecule has 0 aliphatic rings. The first kappa shape index (κ1) is 17.7. The first-order chi connectivity index (χ1) is 10.8. The fourth-order valence-corrected chi connectivity index (χ4v) is 4.49. The highest BCUT2D eigenvalue weighted by atomic mass is 32.2. The smallest absolute Gasteiger partial charge is 0.211 e. The summed E-state index contributed by atoms with van der Waals surface area (Å²) in [6.45, 7) is 8.11. The van der Waals surface area contributed by atoms with Gasteiger partial charge < -0.3 is 0 Å². The summed E-state index contributed by atoms with van der Waals surface area (Å²) >= 11 is 0. The molecule has 0 heterocycles. The van der Waals surface area contributed by atoms with Crippen molar-refractivity contribution in [2.24, 2.45) is 0 Å². The molecule has 0 aliphatic heterocycles. The molecule has 0 atom stereocenters. The molecule has 0 radical (unpaired) electrons. The highest BCUT2D eigenvalue weighted by Crippen LogP contribution is 2.25. The van der Waals surface area contributed by atoms with Crippen molar-refractivity contribution in [3.8, 4) is 0 Å². The average Bonchev–Trinajstić information content (AvgIpc) is 2.51. The van der Waals surface area contributed by atoms with Crippen LogP contribution in [0.1, 0.15) is 34.2 Å². The van der Waals surface area contributed by atoms with E-state index in [0.29, 0.717) is 11.4 Å². The number of rotatable bonds is 6. The molecule has 1 N–H and O–H groups in total. The Balaban J connectivity index is 2.08. The van der Waals surface area contributed by atoms with E-state index in [1.807, 2.05) is 52.0 Å². The molecule has 4 heteroatoms. The summed E-state index contributed by atoms with van der Waals surface area (Å²) in [6, 6.07) is 12.2. The highest BCUT2D eigenvalue weighted by molar-refractivity contribution is 7.89. The summed E-state index contributed by atoms with van der Waals surface area (Å²) in [7, 11) is -3.47. The number of nitrogens with one attached hydrogen (secondary N) is 1. The molecule has 0 amide bonds. The molecular weight excluding hydrogens is 306 g/mol. The van der Waals surface area contributed by atoms with Crippen molar-refractivity contribution in [2.75, 3.05) is 6.54 Å². The molecule has 0 aromatic heterocycles. The molecule has 0 saturated heterocycles. The van der Waals surface area contributed by atoms with Gasteiger partial charge in [-0.2, -0.15) is 0 Å². The third kappa shape index (κ3) is 4.21. The highest BCUT2D eigenvalue weighted by Gasteiger charge is 2.21. The van der Waals surface area contributed by atoms with Gasteiger partial charge >= 0.3 is 0 Å². The molecule has 0 unspecified atom stereocenters. The normalized spacial score (nSPS) is 11.7. The second-order valence-electron chi connectivity index (χ2n) is 6.08. The minimum Gasteiger partial charge on any atom is -0.211 e. The van der Waals surface area contributed by atoms with E-state index < -0.39 is 10.0 Å². The summed E-state index contributed by atoms with van der Waals surface area (Å²) in [5, 5.41) is 0. The van der Waals surface area contributed by atoms with Crippen LogP contribution in [-0.4, -0.2) is 15.0 Å². The van der Waals surface area contributed by atoms with Gasteiger partial charge in [-0.15, -0.1) is 0 Å². The van der Waals surface area contributed by atoms with Crippen LogP contribution in [0.5, 0.6) is 0 Å². The van der Waals surface area contributed by atoms with Crippen molar-refractivity contribution in [1.82, 2.24) is 4.72 Å². The molecule has 124 valence electrons. The van der Waals surface area contributed by atoms with Crippen LogP contribution in [-0.2, 0) is 16.4 Å². The molecule has 3 nitrogen and oxygen atoms in total. The van der Waals surface area contributed by atoms with Crippen molar-refractivity contribution < 1.29 is 8.42 Å². The molecule has 2 aromatic carbocycles. The van der Waals surface area contributed by atoms with Crippen molar-refractivity contribution in [3.63, 3.8) is 0 Å². The van der Waals surface area contributed by atoms with Gasteiger partial charge in [0.1, 0.15) is 0 Å². The van der Waals surface area contributed by atoms with Crippen molar-refractivity contribution >= 4 is 10.0 Å². The molecular formula is C19H25NO2S. The van der Waals surface area contributed by atoms with Crippen molar-refractivity contribution in [2.45, 2.75) is 45.4 Å². The van der Waals surface area contributed by atoms with Crippen LogP contribution < -0.4 is 4.72 Å². The van der Waals surface area contributed by atoms with E-state index in [9.17, 15) is 8.42 Å². The maximum atomic E-state index is 12.7. The van der Waals surface area contributed by atoms with Gasteiger partial charge in [-0.25, -0.2) is 13.1 Å². The molecule has 0 aliphatic carbocycles. The summed E-state index contributed by atoms with van der Waals surface area (Å²) in [5.41, 5.74) is 4.92. The lowest BCUT2D eigenvalue weighted by Crippen LogP contribution is -2.27. The van der Waals surface area contributed by atoms with Crippen LogP contribution in [0.25, 0.3) is 0 Å². The summed E-state index contributed by atoms with van der Waals surface area (Å²) in [6.07, 6.45) is 1.65. The number of sulfonamides is 1. The molecule has 0 fully saturated rings. The molecule has 0 spiro atoms. The van der Waals surface area contributed by atoms with Gasteiger partial charge in [0, 0.05) is 6.54 Å². The fourth-order valence-electron chi connectivity index (χ4n) is 2.80. The number of aryl methyl sites for hydroxylation is 3. The Hall–Kier alpha value is -1.65.